The van der Waals surface area contributed by atoms with E-state index in [1.165, 1.54) is 0 Å². The maximum absolute atomic E-state index is 9.03. The fourth-order valence-electron chi connectivity index (χ4n) is 1.85. The molecule has 0 heterocycles. The van der Waals surface area contributed by atoms with Gasteiger partial charge in [0.25, 0.3) is 0 Å². The van der Waals surface area contributed by atoms with Crippen LogP contribution in [0.2, 0.25) is 0 Å². The Morgan fingerprint density at radius 3 is 2.39 bits per heavy atom. The molecule has 0 aliphatic heterocycles. The Bertz CT molecular complexity index is 428. The predicted octanol–water partition coefficient (Wildman–Crippen LogP) is 2.06. The smallest absolute Gasteiger partial charge is 0.175 e. The highest BCUT2D eigenvalue weighted by Crippen LogP contribution is 2.44. The molecule has 6 heteroatoms. The normalized spacial score (nSPS) is 16.1. The molecule has 0 unspecified atom stereocenters. The fourth-order valence-corrected chi connectivity index (χ4v) is 1.85. The molecule has 0 saturated heterocycles. The third-order valence-corrected chi connectivity index (χ3v) is 3.01. The second-order valence-electron chi connectivity index (χ2n) is 4.35. The van der Waals surface area contributed by atoms with Crippen molar-refractivity contribution in [2.24, 2.45) is 0 Å². The summed E-state index contributed by atoms with van der Waals surface area (Å²) >= 11 is 0. The van der Waals surface area contributed by atoms with Gasteiger partial charge in [0.1, 0.15) is 0 Å². The second-order valence-corrected chi connectivity index (χ2v) is 4.35. The van der Waals surface area contributed by atoms with Gasteiger partial charge in [-0.15, -0.1) is 0 Å². The first-order valence-electron chi connectivity index (χ1n) is 5.56. The molecule has 0 amide bonds. The molecule has 1 aliphatic carbocycles. The molecular weight excluding hydrogens is 236 g/mol. The highest BCUT2D eigenvalue weighted by Gasteiger charge is 2.51. The van der Waals surface area contributed by atoms with Gasteiger partial charge in [-0.1, -0.05) is 6.58 Å². The largest absolute Gasteiger partial charge is 0.399 e. The molecule has 1 saturated carbocycles. The maximum Gasteiger partial charge on any atom is 0.175 e. The van der Waals surface area contributed by atoms with E-state index in [4.69, 9.17) is 16.2 Å². The van der Waals surface area contributed by atoms with Gasteiger partial charge in [-0.2, -0.15) is 0 Å². The summed E-state index contributed by atoms with van der Waals surface area (Å²) in [5.74, 6) is 0.162. The second kappa shape index (κ2) is 4.85. The summed E-state index contributed by atoms with van der Waals surface area (Å²) in [6.07, 6.45) is 1.37. The number of rotatable bonds is 6. The molecule has 98 valence electrons. The van der Waals surface area contributed by atoms with Gasteiger partial charge in [-0.3, -0.25) is 0 Å². The number of benzene rings is 1. The van der Waals surface area contributed by atoms with E-state index in [0.29, 0.717) is 18.5 Å². The molecule has 0 aromatic heterocycles. The fraction of sp³-hybridized carbons (Fsp3) is 0.333. The first kappa shape index (κ1) is 12.7. The Morgan fingerprint density at radius 2 is 1.94 bits per heavy atom. The summed E-state index contributed by atoms with van der Waals surface area (Å²) in [5, 5.41) is 17.6. The number of nitrogen functional groups attached to an aromatic ring is 1. The lowest BCUT2D eigenvalue weighted by atomic mass is 10.2. The molecule has 0 bridgehead atoms. The molecule has 4 N–H and O–H groups in total. The van der Waals surface area contributed by atoms with E-state index >= 15 is 0 Å². The Hall–Kier alpha value is -1.76. The summed E-state index contributed by atoms with van der Waals surface area (Å²) in [6, 6.07) is 7.11. The molecule has 6 nitrogen and oxygen atoms in total. The number of nitrogens with two attached hydrogens (primary N) is 1. The van der Waals surface area contributed by atoms with Crippen LogP contribution in [0, 0.1) is 0 Å². The Morgan fingerprint density at radius 1 is 1.33 bits per heavy atom. The van der Waals surface area contributed by atoms with Crippen LogP contribution in [0.1, 0.15) is 12.8 Å². The third kappa shape index (κ3) is 2.40. The minimum Gasteiger partial charge on any atom is -0.399 e. The maximum atomic E-state index is 9.03. The van der Waals surface area contributed by atoms with Gasteiger partial charge in [-0.05, 0) is 24.3 Å². The quantitative estimate of drug-likeness (QED) is 0.236. The van der Waals surface area contributed by atoms with Crippen LogP contribution < -0.4 is 10.6 Å². The van der Waals surface area contributed by atoms with Crippen LogP contribution in [0.25, 0.3) is 0 Å². The molecular formula is C12H16N2O4. The molecule has 1 aromatic carbocycles. The van der Waals surface area contributed by atoms with Crippen LogP contribution in [0.4, 0.5) is 11.4 Å². The zero-order chi connectivity index (χ0) is 13.2. The zero-order valence-corrected chi connectivity index (χ0v) is 9.87. The number of hydrogen-bond donors (Lipinski definition) is 3. The van der Waals surface area contributed by atoms with Crippen molar-refractivity contribution in [1.29, 1.82) is 0 Å². The minimum absolute atomic E-state index is 0.162. The topological polar surface area (TPSA) is 88.2 Å². The summed E-state index contributed by atoms with van der Waals surface area (Å²) in [6.45, 7) is 3.77. The molecule has 2 rings (SSSR count). The average molecular weight is 252 g/mol. The van der Waals surface area contributed by atoms with Crippen LogP contribution >= 0.6 is 0 Å². The number of nitrogens with zero attached hydrogens (tertiary/aromatic N) is 1. The van der Waals surface area contributed by atoms with Crippen LogP contribution in [0.3, 0.4) is 0 Å². The van der Waals surface area contributed by atoms with Gasteiger partial charge in [-0.25, -0.2) is 15.4 Å². The van der Waals surface area contributed by atoms with Crippen LogP contribution in [-0.4, -0.2) is 22.8 Å². The van der Waals surface area contributed by atoms with Crippen molar-refractivity contribution in [2.45, 2.75) is 18.6 Å². The van der Waals surface area contributed by atoms with Crippen molar-refractivity contribution in [2.75, 3.05) is 17.2 Å². The summed E-state index contributed by atoms with van der Waals surface area (Å²) in [5.41, 5.74) is 6.31. The van der Waals surface area contributed by atoms with Gasteiger partial charge in [0.2, 0.25) is 0 Å². The lowest BCUT2D eigenvalue weighted by Gasteiger charge is -2.31. The highest BCUT2D eigenvalue weighted by molar-refractivity contribution is 5.56. The number of anilines is 2. The molecule has 1 aromatic rings. The van der Waals surface area contributed by atoms with Crippen molar-refractivity contribution >= 4 is 11.4 Å². The molecule has 0 radical (unpaired) electrons. The average Bonchev–Trinajstić information content (AvgIpc) is 3.18. The van der Waals surface area contributed by atoms with Crippen molar-refractivity contribution in [3.05, 3.63) is 36.6 Å². The van der Waals surface area contributed by atoms with Crippen molar-refractivity contribution < 1.29 is 20.3 Å². The Balaban J connectivity index is 2.24. The van der Waals surface area contributed by atoms with E-state index in [1.54, 1.807) is 29.2 Å². The van der Waals surface area contributed by atoms with Crippen molar-refractivity contribution in [1.82, 2.24) is 0 Å². The Kier molecular flexibility index (Phi) is 3.42. The first-order valence-corrected chi connectivity index (χ1v) is 5.56. The van der Waals surface area contributed by atoms with Gasteiger partial charge in [0.05, 0.1) is 6.54 Å². The molecule has 0 spiro atoms. The highest BCUT2D eigenvalue weighted by atomic mass is 17.1. The van der Waals surface area contributed by atoms with Gasteiger partial charge in [0, 0.05) is 24.2 Å². The molecule has 1 fully saturated rings. The summed E-state index contributed by atoms with van der Waals surface area (Å²) in [4.78, 5) is 10.4. The molecule has 18 heavy (non-hydrogen) atoms. The van der Waals surface area contributed by atoms with Crippen molar-refractivity contribution in [3.63, 3.8) is 0 Å². The SMILES string of the molecule is C=C(CN(c1ccc(N)cc1)C1(OO)CC1)OO. The van der Waals surface area contributed by atoms with Crippen LogP contribution in [0.5, 0.6) is 0 Å². The van der Waals surface area contributed by atoms with Crippen LogP contribution in [0.15, 0.2) is 36.6 Å². The standard InChI is InChI=1S/C12H16N2O4/c1-9(17-15)8-14(12(18-16)6-7-12)11-4-2-10(13)3-5-11/h2-5,15-16H,1,6-8,13H2. The van der Waals surface area contributed by atoms with E-state index in [-0.39, 0.29) is 12.3 Å². The predicted molar refractivity (Wildman–Crippen MR) is 66.7 cm³/mol. The van der Waals surface area contributed by atoms with Gasteiger partial charge < -0.3 is 15.5 Å². The van der Waals surface area contributed by atoms with Gasteiger partial charge >= 0.3 is 0 Å². The van der Waals surface area contributed by atoms with E-state index in [9.17, 15) is 0 Å². The van der Waals surface area contributed by atoms with E-state index in [2.05, 4.69) is 16.4 Å². The van der Waals surface area contributed by atoms with E-state index in [1.807, 2.05) is 0 Å². The summed E-state index contributed by atoms with van der Waals surface area (Å²) in [7, 11) is 0. The van der Waals surface area contributed by atoms with E-state index < -0.39 is 5.72 Å². The lowest BCUT2D eigenvalue weighted by molar-refractivity contribution is -0.291. The van der Waals surface area contributed by atoms with Crippen molar-refractivity contribution in [3.8, 4) is 0 Å². The Labute approximate surface area is 105 Å². The van der Waals surface area contributed by atoms with E-state index in [0.717, 1.165) is 5.69 Å². The monoisotopic (exact) mass is 252 g/mol. The van der Waals surface area contributed by atoms with Crippen LogP contribution in [-0.2, 0) is 9.78 Å². The third-order valence-electron chi connectivity index (χ3n) is 3.01. The van der Waals surface area contributed by atoms with Gasteiger partial charge in [0.15, 0.2) is 11.5 Å². The first-order chi connectivity index (χ1) is 8.61. The molecule has 0 atom stereocenters. The summed E-state index contributed by atoms with van der Waals surface area (Å²) < 4.78 is 0. The zero-order valence-electron chi connectivity index (χ0n) is 9.87. The minimum atomic E-state index is -0.766. The number of hydrogen-bond acceptors (Lipinski definition) is 6. The molecule has 1 aliphatic rings. The lowest BCUT2D eigenvalue weighted by Crippen LogP contribution is -2.40.